The van der Waals surface area contributed by atoms with Gasteiger partial charge in [0.2, 0.25) is 0 Å². The van der Waals surface area contributed by atoms with E-state index in [2.05, 4.69) is 11.9 Å². The van der Waals surface area contributed by atoms with E-state index in [4.69, 9.17) is 15.2 Å². The molecule has 0 aromatic rings. The molecule has 0 amide bonds. The molecule has 4 nitrogen and oxygen atoms in total. The number of nitrogens with zero attached hydrogens (tertiary/aromatic N) is 1. The van der Waals surface area contributed by atoms with Crippen LogP contribution in [-0.2, 0) is 9.47 Å². The lowest BCUT2D eigenvalue weighted by atomic mass is 9.90. The van der Waals surface area contributed by atoms with Crippen LogP contribution in [0.25, 0.3) is 0 Å². The van der Waals surface area contributed by atoms with E-state index in [9.17, 15) is 0 Å². The molecule has 1 heterocycles. The van der Waals surface area contributed by atoms with Gasteiger partial charge in [0, 0.05) is 26.3 Å². The topological polar surface area (TPSA) is 47.7 Å². The van der Waals surface area contributed by atoms with Crippen LogP contribution in [0.2, 0.25) is 0 Å². The van der Waals surface area contributed by atoms with Gasteiger partial charge in [0.05, 0.1) is 18.8 Å². The maximum Gasteiger partial charge on any atom is 0.0661 e. The van der Waals surface area contributed by atoms with Gasteiger partial charge in [0.15, 0.2) is 0 Å². The molecule has 0 aromatic heterocycles. The fourth-order valence-corrected chi connectivity index (χ4v) is 2.94. The van der Waals surface area contributed by atoms with Crippen molar-refractivity contribution in [1.82, 2.24) is 4.90 Å². The van der Waals surface area contributed by atoms with E-state index in [1.807, 2.05) is 0 Å². The van der Waals surface area contributed by atoms with Crippen LogP contribution < -0.4 is 5.73 Å². The van der Waals surface area contributed by atoms with Gasteiger partial charge in [-0.25, -0.2) is 0 Å². The van der Waals surface area contributed by atoms with Crippen molar-refractivity contribution in [2.45, 2.75) is 30.8 Å². The third-order valence-electron chi connectivity index (χ3n) is 4.24. The summed E-state index contributed by atoms with van der Waals surface area (Å²) in [5, 5.41) is 0. The van der Waals surface area contributed by atoms with Crippen LogP contribution in [0.5, 0.6) is 0 Å². The number of rotatable bonds is 6. The average Bonchev–Trinajstić information content (AvgIpc) is 3.01. The molecule has 2 aliphatic rings. The zero-order chi connectivity index (χ0) is 11.6. The summed E-state index contributed by atoms with van der Waals surface area (Å²) in [7, 11) is 3.95. The van der Waals surface area contributed by atoms with Gasteiger partial charge in [-0.3, -0.25) is 4.90 Å². The van der Waals surface area contributed by atoms with Gasteiger partial charge in [0.1, 0.15) is 0 Å². The lowest BCUT2D eigenvalue weighted by molar-refractivity contribution is -0.0116. The van der Waals surface area contributed by atoms with E-state index < -0.39 is 0 Å². The highest BCUT2D eigenvalue weighted by Gasteiger charge is 2.49. The van der Waals surface area contributed by atoms with Crippen molar-refractivity contribution >= 4 is 0 Å². The van der Waals surface area contributed by atoms with Crippen molar-refractivity contribution < 1.29 is 9.47 Å². The van der Waals surface area contributed by atoms with Crippen molar-refractivity contribution in [2.24, 2.45) is 11.7 Å². The Bertz CT molecular complexity index is 227. The van der Waals surface area contributed by atoms with E-state index >= 15 is 0 Å². The molecule has 1 aliphatic carbocycles. The van der Waals surface area contributed by atoms with Gasteiger partial charge >= 0.3 is 0 Å². The van der Waals surface area contributed by atoms with E-state index in [-0.39, 0.29) is 5.54 Å². The van der Waals surface area contributed by atoms with Crippen molar-refractivity contribution in [3.63, 3.8) is 0 Å². The SMILES string of the molecule is COCC(CN)(C1CC1)N(C)C1CCOC1. The van der Waals surface area contributed by atoms with Gasteiger partial charge in [-0.1, -0.05) is 0 Å². The third kappa shape index (κ3) is 2.12. The van der Waals surface area contributed by atoms with Crippen LogP contribution in [0.15, 0.2) is 0 Å². The summed E-state index contributed by atoms with van der Waals surface area (Å²) in [6.07, 6.45) is 3.70. The fraction of sp³-hybridized carbons (Fsp3) is 1.00. The Labute approximate surface area is 98.1 Å². The maximum absolute atomic E-state index is 6.04. The second-order valence-corrected chi connectivity index (χ2v) is 5.14. The minimum Gasteiger partial charge on any atom is -0.383 e. The first-order chi connectivity index (χ1) is 7.74. The highest BCUT2D eigenvalue weighted by atomic mass is 16.5. The molecule has 4 heteroatoms. The number of ether oxygens (including phenoxy) is 2. The first-order valence-corrected chi connectivity index (χ1v) is 6.24. The van der Waals surface area contributed by atoms with Crippen LogP contribution in [0.4, 0.5) is 0 Å². The molecular weight excluding hydrogens is 204 g/mol. The second kappa shape index (κ2) is 5.00. The highest BCUT2D eigenvalue weighted by Crippen LogP contribution is 2.43. The molecule has 1 aliphatic heterocycles. The Morgan fingerprint density at radius 1 is 1.44 bits per heavy atom. The molecular formula is C12H24N2O2. The summed E-state index contributed by atoms with van der Waals surface area (Å²) in [6, 6.07) is 0.513. The lowest BCUT2D eigenvalue weighted by Crippen LogP contribution is -2.60. The van der Waals surface area contributed by atoms with Crippen molar-refractivity contribution in [3.8, 4) is 0 Å². The third-order valence-corrected chi connectivity index (χ3v) is 4.24. The molecule has 0 aromatic carbocycles. The minimum atomic E-state index is 0.0348. The smallest absolute Gasteiger partial charge is 0.0661 e. The standard InChI is InChI=1S/C12H24N2O2/c1-14(11-5-6-16-7-11)12(8-13,9-15-2)10-3-4-10/h10-11H,3-9,13H2,1-2H3. The highest BCUT2D eigenvalue weighted by molar-refractivity contribution is 5.04. The first-order valence-electron chi connectivity index (χ1n) is 6.24. The normalized spacial score (nSPS) is 29.6. The summed E-state index contributed by atoms with van der Waals surface area (Å²) < 4.78 is 10.9. The molecule has 16 heavy (non-hydrogen) atoms. The Kier molecular flexibility index (Phi) is 3.85. The number of hydrogen-bond acceptors (Lipinski definition) is 4. The van der Waals surface area contributed by atoms with E-state index in [1.54, 1.807) is 7.11 Å². The van der Waals surface area contributed by atoms with Crippen LogP contribution in [-0.4, -0.2) is 57.0 Å². The second-order valence-electron chi connectivity index (χ2n) is 5.14. The molecule has 1 saturated carbocycles. The van der Waals surface area contributed by atoms with Crippen LogP contribution in [0.3, 0.4) is 0 Å². The Morgan fingerprint density at radius 3 is 2.62 bits per heavy atom. The summed E-state index contributed by atoms with van der Waals surface area (Å²) in [6.45, 7) is 3.14. The largest absolute Gasteiger partial charge is 0.383 e. The van der Waals surface area contributed by atoms with E-state index in [1.165, 1.54) is 12.8 Å². The summed E-state index contributed by atoms with van der Waals surface area (Å²) in [5.74, 6) is 0.711. The quantitative estimate of drug-likeness (QED) is 0.717. The molecule has 2 atom stereocenters. The van der Waals surface area contributed by atoms with E-state index in [0.29, 0.717) is 18.5 Å². The van der Waals surface area contributed by atoms with Crippen molar-refractivity contribution in [3.05, 3.63) is 0 Å². The summed E-state index contributed by atoms with van der Waals surface area (Å²) in [5.41, 5.74) is 6.08. The number of hydrogen-bond donors (Lipinski definition) is 1. The molecule has 2 rings (SSSR count). The molecule has 1 saturated heterocycles. The van der Waals surface area contributed by atoms with Gasteiger partial charge < -0.3 is 15.2 Å². The molecule has 94 valence electrons. The zero-order valence-electron chi connectivity index (χ0n) is 10.4. The van der Waals surface area contributed by atoms with Gasteiger partial charge in [0.25, 0.3) is 0 Å². The monoisotopic (exact) mass is 228 g/mol. The Hall–Kier alpha value is -0.160. The molecule has 0 bridgehead atoms. The molecule has 2 fully saturated rings. The molecule has 2 unspecified atom stereocenters. The molecule has 0 spiro atoms. The molecule has 0 radical (unpaired) electrons. The average molecular weight is 228 g/mol. The van der Waals surface area contributed by atoms with Crippen LogP contribution in [0, 0.1) is 5.92 Å². The summed E-state index contributed by atoms with van der Waals surface area (Å²) >= 11 is 0. The number of methoxy groups -OCH3 is 1. The van der Waals surface area contributed by atoms with Crippen molar-refractivity contribution in [2.75, 3.05) is 40.5 Å². The number of likely N-dealkylation sites (N-methyl/N-ethyl adjacent to an activating group) is 1. The van der Waals surface area contributed by atoms with Crippen LogP contribution in [0.1, 0.15) is 19.3 Å². The Morgan fingerprint density at radius 2 is 2.19 bits per heavy atom. The van der Waals surface area contributed by atoms with Crippen LogP contribution >= 0.6 is 0 Å². The van der Waals surface area contributed by atoms with Crippen molar-refractivity contribution in [1.29, 1.82) is 0 Å². The minimum absolute atomic E-state index is 0.0348. The zero-order valence-corrected chi connectivity index (χ0v) is 10.4. The van der Waals surface area contributed by atoms with E-state index in [0.717, 1.165) is 26.2 Å². The Balaban J connectivity index is 2.09. The maximum atomic E-state index is 6.04. The lowest BCUT2D eigenvalue weighted by Gasteiger charge is -2.44. The van der Waals surface area contributed by atoms with Gasteiger partial charge in [-0.05, 0) is 32.2 Å². The predicted molar refractivity (Wildman–Crippen MR) is 63.4 cm³/mol. The predicted octanol–water partition coefficient (Wildman–Crippen LogP) is 0.461. The number of nitrogens with two attached hydrogens (primary N) is 1. The van der Waals surface area contributed by atoms with Gasteiger partial charge in [-0.15, -0.1) is 0 Å². The first kappa shape index (κ1) is 12.3. The summed E-state index contributed by atoms with van der Waals surface area (Å²) in [4.78, 5) is 2.43. The van der Waals surface area contributed by atoms with Gasteiger partial charge in [-0.2, -0.15) is 0 Å². The fourth-order valence-electron chi connectivity index (χ4n) is 2.94. The molecule has 2 N–H and O–H groups in total.